The molecule has 0 bridgehead atoms. The molecule has 0 unspecified atom stereocenters. The zero-order valence-electron chi connectivity index (χ0n) is 6.87. The number of aromatic nitrogens is 2. The van der Waals surface area contributed by atoms with Crippen molar-refractivity contribution >= 4 is 11.7 Å². The molecule has 2 N–H and O–H groups in total. The Morgan fingerprint density at radius 3 is 2.75 bits per heavy atom. The maximum Gasteiger partial charge on any atom is 0.356 e. The van der Waals surface area contributed by atoms with Gasteiger partial charge in [-0.05, 0) is 6.92 Å². The first-order valence-electron chi connectivity index (χ1n) is 3.39. The van der Waals surface area contributed by atoms with Crippen molar-refractivity contribution in [2.75, 3.05) is 5.73 Å². The molecule has 0 spiro atoms. The van der Waals surface area contributed by atoms with E-state index in [0.717, 1.165) is 4.57 Å². The third-order valence-corrected chi connectivity index (χ3v) is 1.49. The van der Waals surface area contributed by atoms with E-state index in [0.29, 0.717) is 5.56 Å². The van der Waals surface area contributed by atoms with Gasteiger partial charge in [-0.25, -0.2) is 9.36 Å². The quantitative estimate of drug-likeness (QED) is 0.580. The summed E-state index contributed by atoms with van der Waals surface area (Å²) in [5, 5.41) is 0. The molecule has 0 atom stereocenters. The van der Waals surface area contributed by atoms with Gasteiger partial charge < -0.3 is 5.73 Å². The highest BCUT2D eigenvalue weighted by atomic mass is 16.2. The molecule has 0 saturated carbocycles. The minimum Gasteiger partial charge on any atom is -0.383 e. The molecule has 0 aliphatic heterocycles. The highest BCUT2D eigenvalue weighted by molar-refractivity contribution is 5.76. The van der Waals surface area contributed by atoms with E-state index in [2.05, 4.69) is 4.98 Å². The first kappa shape index (κ1) is 8.45. The van der Waals surface area contributed by atoms with Crippen molar-refractivity contribution in [1.82, 2.24) is 9.55 Å². The normalized spacial score (nSPS) is 9.83. The second-order valence-corrected chi connectivity index (χ2v) is 2.48. The van der Waals surface area contributed by atoms with Crippen LogP contribution in [0.2, 0.25) is 0 Å². The van der Waals surface area contributed by atoms with Crippen molar-refractivity contribution in [3.05, 3.63) is 22.2 Å². The Kier molecular flexibility index (Phi) is 1.95. The second-order valence-electron chi connectivity index (χ2n) is 2.48. The Labute approximate surface area is 68.8 Å². The van der Waals surface area contributed by atoms with E-state index >= 15 is 0 Å². The lowest BCUT2D eigenvalue weighted by Gasteiger charge is -2.01. The lowest BCUT2D eigenvalue weighted by molar-refractivity contribution is 0.0930. The number of carbonyl (C=O) groups is 1. The molecule has 5 heteroatoms. The van der Waals surface area contributed by atoms with Crippen molar-refractivity contribution in [2.24, 2.45) is 0 Å². The van der Waals surface area contributed by atoms with Gasteiger partial charge >= 0.3 is 5.69 Å². The van der Waals surface area contributed by atoms with Gasteiger partial charge in [0.25, 0.3) is 0 Å². The molecule has 0 aromatic carbocycles. The molecule has 0 aliphatic rings. The van der Waals surface area contributed by atoms with Crippen LogP contribution in [0.25, 0.3) is 0 Å². The highest BCUT2D eigenvalue weighted by Gasteiger charge is 2.04. The van der Waals surface area contributed by atoms with Gasteiger partial charge in [-0.3, -0.25) is 4.79 Å². The van der Waals surface area contributed by atoms with Crippen LogP contribution in [0, 0.1) is 6.92 Å². The van der Waals surface area contributed by atoms with Crippen LogP contribution in [0.1, 0.15) is 17.3 Å². The number of hydrogen-bond acceptors (Lipinski definition) is 4. The van der Waals surface area contributed by atoms with Gasteiger partial charge in [-0.15, -0.1) is 0 Å². The fourth-order valence-electron chi connectivity index (χ4n) is 0.786. The maximum atomic E-state index is 11.0. The van der Waals surface area contributed by atoms with E-state index in [1.165, 1.54) is 13.1 Å². The molecule has 0 radical (unpaired) electrons. The number of nitrogens with zero attached hydrogens (tertiary/aromatic N) is 2. The molecule has 1 rings (SSSR count). The molecule has 1 aromatic heterocycles. The molecule has 12 heavy (non-hydrogen) atoms. The molecule has 1 heterocycles. The van der Waals surface area contributed by atoms with E-state index in [4.69, 9.17) is 5.73 Å². The lowest BCUT2D eigenvalue weighted by atomic mass is 10.3. The van der Waals surface area contributed by atoms with E-state index in [1.807, 2.05) is 0 Å². The van der Waals surface area contributed by atoms with Crippen LogP contribution < -0.4 is 11.4 Å². The number of nitrogens with two attached hydrogens (primary N) is 1. The number of anilines is 1. The molecule has 0 saturated heterocycles. The summed E-state index contributed by atoms with van der Waals surface area (Å²) in [6.07, 6.45) is 1.38. The Hall–Kier alpha value is -1.65. The smallest absolute Gasteiger partial charge is 0.356 e. The molecule has 0 amide bonds. The van der Waals surface area contributed by atoms with Gasteiger partial charge in [0, 0.05) is 18.7 Å². The summed E-state index contributed by atoms with van der Waals surface area (Å²) in [5.74, 6) is -0.201. The van der Waals surface area contributed by atoms with Crippen molar-refractivity contribution in [2.45, 2.75) is 13.8 Å². The third kappa shape index (κ3) is 1.34. The van der Waals surface area contributed by atoms with Crippen LogP contribution in [0.15, 0.2) is 11.0 Å². The van der Waals surface area contributed by atoms with Crippen LogP contribution in [-0.2, 0) is 0 Å². The number of hydrogen-bond donors (Lipinski definition) is 1. The summed E-state index contributed by atoms with van der Waals surface area (Å²) in [5.41, 5.74) is 5.34. The molecule has 1 aromatic rings. The van der Waals surface area contributed by atoms with Gasteiger partial charge in [0.05, 0.1) is 0 Å². The summed E-state index contributed by atoms with van der Waals surface area (Å²) in [6.45, 7) is 2.97. The van der Waals surface area contributed by atoms with Crippen molar-refractivity contribution < 1.29 is 4.79 Å². The van der Waals surface area contributed by atoms with Crippen LogP contribution in [0.3, 0.4) is 0 Å². The van der Waals surface area contributed by atoms with E-state index in [-0.39, 0.29) is 11.7 Å². The molecule has 0 fully saturated rings. The minimum atomic E-state index is -0.634. The fraction of sp³-hybridized carbons (Fsp3) is 0.286. The van der Waals surface area contributed by atoms with Crippen LogP contribution in [-0.4, -0.2) is 15.5 Å². The van der Waals surface area contributed by atoms with Gasteiger partial charge in [-0.1, -0.05) is 0 Å². The maximum absolute atomic E-state index is 11.0. The predicted molar refractivity (Wildman–Crippen MR) is 43.9 cm³/mol. The van der Waals surface area contributed by atoms with Crippen LogP contribution in [0.4, 0.5) is 5.82 Å². The zero-order valence-corrected chi connectivity index (χ0v) is 6.87. The average molecular weight is 167 g/mol. The monoisotopic (exact) mass is 167 g/mol. The molecular weight excluding hydrogens is 158 g/mol. The summed E-state index contributed by atoms with van der Waals surface area (Å²) in [4.78, 5) is 25.3. The fourth-order valence-corrected chi connectivity index (χ4v) is 0.786. The largest absolute Gasteiger partial charge is 0.383 e. The topological polar surface area (TPSA) is 78.0 Å². The highest BCUT2D eigenvalue weighted by Crippen LogP contribution is 2.00. The first-order chi connectivity index (χ1) is 5.52. The van der Waals surface area contributed by atoms with Gasteiger partial charge in [0.1, 0.15) is 5.82 Å². The summed E-state index contributed by atoms with van der Waals surface area (Å²) in [7, 11) is 0. The second kappa shape index (κ2) is 2.77. The van der Waals surface area contributed by atoms with Crippen molar-refractivity contribution in [3.63, 3.8) is 0 Å². The van der Waals surface area contributed by atoms with Crippen LogP contribution >= 0.6 is 0 Å². The lowest BCUT2D eigenvalue weighted by Crippen LogP contribution is -2.27. The van der Waals surface area contributed by atoms with E-state index in [9.17, 15) is 9.59 Å². The Balaban J connectivity index is 3.43. The predicted octanol–water partition coefficient (Wildman–Crippen LogP) is -0.206. The Morgan fingerprint density at radius 2 is 2.25 bits per heavy atom. The Morgan fingerprint density at radius 1 is 1.67 bits per heavy atom. The number of carbonyl (C=O) groups excluding carboxylic acids is 1. The number of aryl methyl sites for hydroxylation is 1. The van der Waals surface area contributed by atoms with E-state index in [1.54, 1.807) is 6.92 Å². The first-order valence-corrected chi connectivity index (χ1v) is 3.39. The minimum absolute atomic E-state index is 0.164. The van der Waals surface area contributed by atoms with Gasteiger partial charge in [-0.2, -0.15) is 4.98 Å². The molecular formula is C7H9N3O2. The SMILES string of the molecule is CC(=O)n1cc(C)c(N)nc1=O. The van der Waals surface area contributed by atoms with E-state index < -0.39 is 5.69 Å². The summed E-state index contributed by atoms with van der Waals surface area (Å²) in [6, 6.07) is 0. The standard InChI is InChI=1S/C7H9N3O2/c1-4-3-10(5(2)11)7(12)9-6(4)8/h3H,1-2H3,(H2,8,9,12). The van der Waals surface area contributed by atoms with Gasteiger partial charge in [0.2, 0.25) is 5.91 Å². The average Bonchev–Trinajstić information content (AvgIpc) is 1.96. The van der Waals surface area contributed by atoms with Crippen molar-refractivity contribution in [1.29, 1.82) is 0 Å². The molecule has 0 aliphatic carbocycles. The Bertz CT molecular complexity index is 381. The zero-order chi connectivity index (χ0) is 9.30. The summed E-state index contributed by atoms with van der Waals surface area (Å²) >= 11 is 0. The molecule has 5 nitrogen and oxygen atoms in total. The number of nitrogen functional groups attached to an aromatic ring is 1. The van der Waals surface area contributed by atoms with Crippen molar-refractivity contribution in [3.8, 4) is 0 Å². The third-order valence-electron chi connectivity index (χ3n) is 1.49. The molecule has 64 valence electrons. The summed E-state index contributed by atoms with van der Waals surface area (Å²) < 4.78 is 0.922. The van der Waals surface area contributed by atoms with Gasteiger partial charge in [0.15, 0.2) is 0 Å². The number of rotatable bonds is 0. The van der Waals surface area contributed by atoms with Crippen LogP contribution in [0.5, 0.6) is 0 Å².